The molecular weight excluding hydrogens is 168 g/mol. The molecule has 0 aromatic carbocycles. The molecule has 0 aromatic rings. The quantitative estimate of drug-likeness (QED) is 0.627. The van der Waals surface area contributed by atoms with Gasteiger partial charge >= 0.3 is 5.97 Å². The average Bonchev–Trinajstić information content (AvgIpc) is 2.16. The van der Waals surface area contributed by atoms with Gasteiger partial charge in [-0.2, -0.15) is 0 Å². The summed E-state index contributed by atoms with van der Waals surface area (Å²) < 4.78 is 4.89. The monoisotopic (exact) mass is 186 g/mol. The summed E-state index contributed by atoms with van der Waals surface area (Å²) in [6.45, 7) is 3.23. The lowest BCUT2D eigenvalue weighted by Crippen LogP contribution is -2.35. The molecule has 0 unspecified atom stereocenters. The van der Waals surface area contributed by atoms with E-state index in [0.29, 0.717) is 19.7 Å². The van der Waals surface area contributed by atoms with E-state index in [9.17, 15) is 4.79 Å². The van der Waals surface area contributed by atoms with Crippen LogP contribution in [0.5, 0.6) is 0 Å². The smallest absolute Gasteiger partial charge is 0.320 e. The Morgan fingerprint density at radius 2 is 2.00 bits per heavy atom. The maximum Gasteiger partial charge on any atom is 0.320 e. The molecule has 1 heterocycles. The first-order valence-electron chi connectivity index (χ1n) is 4.91. The van der Waals surface area contributed by atoms with Crippen LogP contribution in [0.25, 0.3) is 0 Å². The van der Waals surface area contributed by atoms with Crippen molar-refractivity contribution < 1.29 is 9.53 Å². The van der Waals surface area contributed by atoms with Crippen molar-refractivity contribution in [1.29, 1.82) is 0 Å². The number of rotatable bonds is 4. The second-order valence-electron chi connectivity index (χ2n) is 3.35. The number of carbonyl (C=O) groups excluding carboxylic acids is 1. The highest BCUT2D eigenvalue weighted by molar-refractivity contribution is 5.71. The van der Waals surface area contributed by atoms with Crippen molar-refractivity contribution in [2.45, 2.75) is 19.3 Å². The zero-order chi connectivity index (χ0) is 9.52. The minimum absolute atomic E-state index is 0.146. The lowest BCUT2D eigenvalue weighted by molar-refractivity contribution is -0.144. The second-order valence-corrected chi connectivity index (χ2v) is 3.35. The Hall–Kier alpha value is -0.610. The van der Waals surface area contributed by atoms with Gasteiger partial charge in [-0.3, -0.25) is 9.69 Å². The predicted molar refractivity (Wildman–Crippen MR) is 50.3 cm³/mol. The topological polar surface area (TPSA) is 55.6 Å². The number of carbonyl (C=O) groups is 1. The predicted octanol–water partition coefficient (Wildman–Crippen LogP) is -0.0258. The van der Waals surface area contributed by atoms with Crippen molar-refractivity contribution in [3.63, 3.8) is 0 Å². The SMILES string of the molecule is NCCOC(=O)CN1CCCCC1. The van der Waals surface area contributed by atoms with Crippen LogP contribution in [0.2, 0.25) is 0 Å². The fourth-order valence-corrected chi connectivity index (χ4v) is 1.52. The number of nitrogens with zero attached hydrogens (tertiary/aromatic N) is 1. The van der Waals surface area contributed by atoms with Gasteiger partial charge in [-0.05, 0) is 25.9 Å². The molecule has 1 aliphatic heterocycles. The molecule has 0 radical (unpaired) electrons. The fraction of sp³-hybridized carbons (Fsp3) is 0.889. The molecule has 1 fully saturated rings. The maximum absolute atomic E-state index is 11.2. The lowest BCUT2D eigenvalue weighted by Gasteiger charge is -2.25. The number of hydrogen-bond acceptors (Lipinski definition) is 4. The number of likely N-dealkylation sites (tertiary alicyclic amines) is 1. The Morgan fingerprint density at radius 3 is 2.62 bits per heavy atom. The van der Waals surface area contributed by atoms with Gasteiger partial charge in [0.15, 0.2) is 0 Å². The molecule has 0 atom stereocenters. The molecule has 2 N–H and O–H groups in total. The van der Waals surface area contributed by atoms with Crippen LogP contribution in [0.3, 0.4) is 0 Å². The highest BCUT2D eigenvalue weighted by Crippen LogP contribution is 2.07. The summed E-state index contributed by atoms with van der Waals surface area (Å²) in [7, 11) is 0. The van der Waals surface area contributed by atoms with Gasteiger partial charge in [0.1, 0.15) is 6.61 Å². The normalized spacial score (nSPS) is 18.5. The van der Waals surface area contributed by atoms with Crippen LogP contribution in [0.15, 0.2) is 0 Å². The molecule has 0 saturated carbocycles. The summed E-state index contributed by atoms with van der Waals surface area (Å²) >= 11 is 0. The van der Waals surface area contributed by atoms with E-state index in [1.165, 1.54) is 19.3 Å². The van der Waals surface area contributed by atoms with Gasteiger partial charge in [0.2, 0.25) is 0 Å². The molecule has 76 valence electrons. The van der Waals surface area contributed by atoms with E-state index >= 15 is 0 Å². The number of nitrogens with two attached hydrogens (primary N) is 1. The summed E-state index contributed by atoms with van der Waals surface area (Å²) in [5.41, 5.74) is 5.22. The van der Waals surface area contributed by atoms with Crippen molar-refractivity contribution in [3.05, 3.63) is 0 Å². The van der Waals surface area contributed by atoms with Gasteiger partial charge in [0.25, 0.3) is 0 Å². The molecule has 0 aliphatic carbocycles. The molecule has 0 spiro atoms. The lowest BCUT2D eigenvalue weighted by atomic mass is 10.1. The first kappa shape index (κ1) is 10.5. The molecule has 0 amide bonds. The summed E-state index contributed by atoms with van der Waals surface area (Å²) in [5, 5.41) is 0. The maximum atomic E-state index is 11.2. The van der Waals surface area contributed by atoms with Crippen LogP contribution < -0.4 is 5.73 Å². The third kappa shape index (κ3) is 4.24. The first-order valence-corrected chi connectivity index (χ1v) is 4.91. The van der Waals surface area contributed by atoms with Gasteiger partial charge in [-0.25, -0.2) is 0 Å². The minimum Gasteiger partial charge on any atom is -0.463 e. The molecule has 4 nitrogen and oxygen atoms in total. The van der Waals surface area contributed by atoms with Gasteiger partial charge in [-0.15, -0.1) is 0 Å². The second kappa shape index (κ2) is 5.94. The van der Waals surface area contributed by atoms with Crippen molar-refractivity contribution in [2.75, 3.05) is 32.8 Å². The summed E-state index contributed by atoms with van der Waals surface area (Å²) in [6, 6.07) is 0. The summed E-state index contributed by atoms with van der Waals surface area (Å²) in [6.07, 6.45) is 3.68. The molecule has 1 rings (SSSR count). The van der Waals surface area contributed by atoms with Crippen molar-refractivity contribution in [2.24, 2.45) is 5.73 Å². The number of ether oxygens (including phenoxy) is 1. The van der Waals surface area contributed by atoms with E-state index in [1.807, 2.05) is 0 Å². The van der Waals surface area contributed by atoms with Gasteiger partial charge in [0, 0.05) is 6.54 Å². The van der Waals surface area contributed by atoms with Crippen molar-refractivity contribution >= 4 is 5.97 Å². The van der Waals surface area contributed by atoms with Crippen LogP contribution in [0.1, 0.15) is 19.3 Å². The molecule has 4 heteroatoms. The van der Waals surface area contributed by atoms with Crippen LogP contribution in [-0.4, -0.2) is 43.7 Å². The van der Waals surface area contributed by atoms with Crippen molar-refractivity contribution in [1.82, 2.24) is 4.90 Å². The third-order valence-electron chi connectivity index (χ3n) is 2.18. The standard InChI is InChI=1S/C9H18N2O2/c10-4-7-13-9(12)8-11-5-2-1-3-6-11/h1-8,10H2. The van der Waals surface area contributed by atoms with E-state index in [1.54, 1.807) is 0 Å². The molecule has 13 heavy (non-hydrogen) atoms. The number of piperidine rings is 1. The van der Waals surface area contributed by atoms with E-state index in [4.69, 9.17) is 10.5 Å². The molecule has 0 bridgehead atoms. The zero-order valence-corrected chi connectivity index (χ0v) is 8.00. The number of esters is 1. The van der Waals surface area contributed by atoms with E-state index in [-0.39, 0.29) is 5.97 Å². The minimum atomic E-state index is -0.146. The van der Waals surface area contributed by atoms with Gasteiger partial charge < -0.3 is 10.5 Å². The Balaban J connectivity index is 2.11. The highest BCUT2D eigenvalue weighted by atomic mass is 16.5. The van der Waals surface area contributed by atoms with Crippen LogP contribution in [0, 0.1) is 0 Å². The molecule has 1 saturated heterocycles. The van der Waals surface area contributed by atoms with Crippen molar-refractivity contribution in [3.8, 4) is 0 Å². The summed E-state index contributed by atoms with van der Waals surface area (Å²) in [4.78, 5) is 13.3. The Labute approximate surface area is 79.0 Å². The Bertz CT molecular complexity index is 156. The first-order chi connectivity index (χ1) is 6.33. The fourth-order valence-electron chi connectivity index (χ4n) is 1.52. The average molecular weight is 186 g/mol. The Kier molecular flexibility index (Phi) is 4.78. The highest BCUT2D eigenvalue weighted by Gasteiger charge is 2.13. The van der Waals surface area contributed by atoms with E-state index in [2.05, 4.69) is 4.90 Å². The molecule has 0 aromatic heterocycles. The third-order valence-corrected chi connectivity index (χ3v) is 2.18. The van der Waals surface area contributed by atoms with Gasteiger partial charge in [0.05, 0.1) is 6.54 Å². The van der Waals surface area contributed by atoms with E-state index < -0.39 is 0 Å². The largest absolute Gasteiger partial charge is 0.463 e. The Morgan fingerprint density at radius 1 is 1.31 bits per heavy atom. The summed E-state index contributed by atoms with van der Waals surface area (Å²) in [5.74, 6) is -0.146. The van der Waals surface area contributed by atoms with Gasteiger partial charge in [-0.1, -0.05) is 6.42 Å². The van der Waals surface area contributed by atoms with Crippen LogP contribution in [0.4, 0.5) is 0 Å². The van der Waals surface area contributed by atoms with Crippen LogP contribution in [-0.2, 0) is 9.53 Å². The zero-order valence-electron chi connectivity index (χ0n) is 8.00. The molecule has 1 aliphatic rings. The van der Waals surface area contributed by atoms with Crippen LogP contribution >= 0.6 is 0 Å². The molecular formula is C9H18N2O2. The van der Waals surface area contributed by atoms with E-state index in [0.717, 1.165) is 13.1 Å². The number of hydrogen-bond donors (Lipinski definition) is 1.